The van der Waals surface area contributed by atoms with Crippen molar-refractivity contribution in [2.24, 2.45) is 16.7 Å². The highest BCUT2D eigenvalue weighted by Gasteiger charge is 2.65. The average molecular weight is 456 g/mol. The highest BCUT2D eigenvalue weighted by molar-refractivity contribution is 8.14. The van der Waals surface area contributed by atoms with Crippen molar-refractivity contribution in [3.63, 3.8) is 0 Å². The largest absolute Gasteiger partial charge is 0.498 e. The molecule has 2 aliphatic carbocycles. The van der Waals surface area contributed by atoms with Gasteiger partial charge in [-0.3, -0.25) is 14.9 Å². The zero-order chi connectivity index (χ0) is 21.0. The van der Waals surface area contributed by atoms with Crippen LogP contribution in [0.3, 0.4) is 0 Å². The summed E-state index contributed by atoms with van der Waals surface area (Å²) in [5, 5.41) is 10.6. The summed E-state index contributed by atoms with van der Waals surface area (Å²) in [6.07, 6.45) is 6.57. The Bertz CT molecular complexity index is 870. The van der Waals surface area contributed by atoms with Gasteiger partial charge in [0.15, 0.2) is 4.33 Å². The Labute approximate surface area is 184 Å². The van der Waals surface area contributed by atoms with Gasteiger partial charge in [-0.1, -0.05) is 60.9 Å². The summed E-state index contributed by atoms with van der Waals surface area (Å²) in [7, 11) is 0. The molecule has 0 aromatic heterocycles. The zero-order valence-corrected chi connectivity index (χ0v) is 18.6. The van der Waals surface area contributed by atoms with Gasteiger partial charge in [0.05, 0.1) is 11.2 Å². The maximum Gasteiger partial charge on any atom is 0.269 e. The molecule has 1 aliphatic heterocycles. The van der Waals surface area contributed by atoms with Crippen LogP contribution in [0.15, 0.2) is 36.6 Å². The highest BCUT2D eigenvalue weighted by Crippen LogP contribution is 2.67. The Morgan fingerprint density at radius 1 is 1.24 bits per heavy atom. The van der Waals surface area contributed by atoms with E-state index >= 15 is 0 Å². The monoisotopic (exact) mass is 455 g/mol. The van der Waals surface area contributed by atoms with Crippen LogP contribution in [0.1, 0.15) is 44.6 Å². The Hall–Kier alpha value is -1.24. The number of carbonyl (C=O) groups is 1. The SMILES string of the molecule is CC1(C)[C@@H]2CC[C@]13CSC(=O)C(Cl)(Cl)[C@H](c1ccc([N+](=O)[O-])cc1)/C=C/O[C@@H]3C2. The highest BCUT2D eigenvalue weighted by atomic mass is 35.5. The number of nitrogens with zero attached hydrogens (tertiary/aromatic N) is 1. The van der Waals surface area contributed by atoms with Gasteiger partial charge in [-0.2, -0.15) is 0 Å². The second-order valence-electron chi connectivity index (χ2n) is 8.83. The van der Waals surface area contributed by atoms with Crippen molar-refractivity contribution in [3.8, 4) is 0 Å². The summed E-state index contributed by atoms with van der Waals surface area (Å²) < 4.78 is 4.51. The molecule has 4 rings (SSSR count). The number of carbonyl (C=O) groups excluding carboxylic acids is 1. The lowest BCUT2D eigenvalue weighted by atomic mass is 9.69. The fourth-order valence-corrected chi connectivity index (χ4v) is 7.55. The molecule has 8 heteroatoms. The molecule has 0 radical (unpaired) electrons. The minimum atomic E-state index is -1.70. The van der Waals surface area contributed by atoms with Crippen molar-refractivity contribution in [1.29, 1.82) is 0 Å². The van der Waals surface area contributed by atoms with Crippen molar-refractivity contribution in [3.05, 3.63) is 52.3 Å². The maximum absolute atomic E-state index is 13.1. The topological polar surface area (TPSA) is 69.4 Å². The molecule has 2 saturated carbocycles. The van der Waals surface area contributed by atoms with Crippen molar-refractivity contribution in [1.82, 2.24) is 0 Å². The van der Waals surface area contributed by atoms with E-state index in [0.717, 1.165) is 19.3 Å². The third-order valence-electron chi connectivity index (χ3n) is 7.46. The lowest BCUT2D eigenvalue weighted by Crippen LogP contribution is -2.43. The first kappa shape index (κ1) is 21.0. The molecule has 29 heavy (non-hydrogen) atoms. The Morgan fingerprint density at radius 2 is 1.93 bits per heavy atom. The van der Waals surface area contributed by atoms with Gasteiger partial charge in [0.2, 0.25) is 5.12 Å². The van der Waals surface area contributed by atoms with Crippen LogP contribution in [0, 0.1) is 26.9 Å². The molecule has 1 aromatic carbocycles. The number of thioether (sulfide) groups is 1. The lowest BCUT2D eigenvalue weighted by molar-refractivity contribution is -0.384. The van der Waals surface area contributed by atoms with Gasteiger partial charge in [-0.05, 0) is 42.2 Å². The normalized spacial score (nSPS) is 36.1. The van der Waals surface area contributed by atoms with Crippen LogP contribution in [0.4, 0.5) is 5.69 Å². The van der Waals surface area contributed by atoms with E-state index in [1.165, 1.54) is 23.9 Å². The van der Waals surface area contributed by atoms with Gasteiger partial charge in [-0.15, -0.1) is 0 Å². The number of hydrogen-bond acceptors (Lipinski definition) is 5. The first-order valence-electron chi connectivity index (χ1n) is 9.71. The van der Waals surface area contributed by atoms with Crippen molar-refractivity contribution in [2.75, 3.05) is 5.75 Å². The van der Waals surface area contributed by atoms with E-state index < -0.39 is 15.2 Å². The van der Waals surface area contributed by atoms with E-state index in [2.05, 4.69) is 13.8 Å². The summed E-state index contributed by atoms with van der Waals surface area (Å²) >= 11 is 14.4. The van der Waals surface area contributed by atoms with Crippen LogP contribution in [-0.2, 0) is 9.53 Å². The number of rotatable bonds is 2. The van der Waals surface area contributed by atoms with Gasteiger partial charge in [-0.25, -0.2) is 0 Å². The zero-order valence-electron chi connectivity index (χ0n) is 16.3. The van der Waals surface area contributed by atoms with Crippen LogP contribution in [0.2, 0.25) is 0 Å². The number of ether oxygens (including phenoxy) is 1. The number of hydrogen-bond donors (Lipinski definition) is 0. The molecule has 1 heterocycles. The Morgan fingerprint density at radius 3 is 2.55 bits per heavy atom. The second kappa shape index (κ2) is 7.17. The van der Waals surface area contributed by atoms with Gasteiger partial charge in [0, 0.05) is 29.2 Å². The van der Waals surface area contributed by atoms with Crippen LogP contribution >= 0.6 is 35.0 Å². The van der Waals surface area contributed by atoms with E-state index in [4.69, 9.17) is 27.9 Å². The van der Waals surface area contributed by atoms with Crippen molar-refractivity contribution in [2.45, 2.75) is 49.5 Å². The van der Waals surface area contributed by atoms with Crippen molar-refractivity contribution >= 4 is 45.8 Å². The summed E-state index contributed by atoms with van der Waals surface area (Å²) in [5.74, 6) is 0.536. The Kier molecular flexibility index (Phi) is 5.20. The molecule has 1 aromatic rings. The van der Waals surface area contributed by atoms with Crippen LogP contribution in [0.25, 0.3) is 0 Å². The van der Waals surface area contributed by atoms with E-state index in [-0.39, 0.29) is 27.7 Å². The van der Waals surface area contributed by atoms with Gasteiger partial charge in [0.25, 0.3) is 5.69 Å². The number of nitro benzene ring substituents is 1. The van der Waals surface area contributed by atoms with E-state index in [1.54, 1.807) is 24.5 Å². The number of fused-ring (bicyclic) bond motifs is 1. The molecule has 0 N–H and O–H groups in total. The third-order valence-corrected chi connectivity index (χ3v) is 9.74. The first-order valence-corrected chi connectivity index (χ1v) is 11.5. The number of alkyl halides is 2. The maximum atomic E-state index is 13.1. The van der Waals surface area contributed by atoms with E-state index in [0.29, 0.717) is 17.2 Å². The fraction of sp³-hybridized carbons (Fsp3) is 0.571. The van der Waals surface area contributed by atoms with Crippen molar-refractivity contribution < 1.29 is 14.5 Å². The van der Waals surface area contributed by atoms with Gasteiger partial charge >= 0.3 is 0 Å². The van der Waals surface area contributed by atoms with E-state index in [9.17, 15) is 14.9 Å². The van der Waals surface area contributed by atoms with Crippen LogP contribution in [0.5, 0.6) is 0 Å². The molecule has 0 unspecified atom stereocenters. The standard InChI is InChI=1S/C21H23Cl2NO4S/c1-19(2)14-7-9-20(19)12-29-18(25)21(22,23)16(8-10-28-17(20)11-14)13-3-5-15(6-4-13)24(26)27/h3-6,8,10,14,16-17H,7,9,11-12H2,1-2H3/b10-8+/t14-,16+,17-,20-/m1/s1. The van der Waals surface area contributed by atoms with Gasteiger partial charge in [0.1, 0.15) is 6.10 Å². The van der Waals surface area contributed by atoms with E-state index in [1.807, 2.05) is 0 Å². The summed E-state index contributed by atoms with van der Waals surface area (Å²) in [4.78, 5) is 23.6. The fourth-order valence-electron chi connectivity index (χ4n) is 5.41. The number of allylic oxidation sites excluding steroid dienone is 1. The Balaban J connectivity index is 1.68. The molecule has 5 nitrogen and oxygen atoms in total. The minimum Gasteiger partial charge on any atom is -0.498 e. The quantitative estimate of drug-likeness (QED) is 0.317. The predicted octanol–water partition coefficient (Wildman–Crippen LogP) is 5.85. The average Bonchev–Trinajstić information content (AvgIpc) is 3.04. The lowest BCUT2D eigenvalue weighted by Gasteiger charge is -2.42. The third kappa shape index (κ3) is 3.19. The molecule has 4 atom stereocenters. The second-order valence-corrected chi connectivity index (χ2v) is 11.2. The molecule has 0 amide bonds. The molecule has 1 spiro atoms. The number of benzene rings is 1. The summed E-state index contributed by atoms with van der Waals surface area (Å²) in [6.45, 7) is 4.56. The number of non-ortho nitro benzene ring substituents is 1. The molecule has 2 bridgehead atoms. The molecular formula is C21H23Cl2NO4S. The first-order chi connectivity index (χ1) is 13.6. The molecule has 156 valence electrons. The number of halogens is 2. The summed E-state index contributed by atoms with van der Waals surface area (Å²) in [5.41, 5.74) is 0.608. The smallest absolute Gasteiger partial charge is 0.269 e. The minimum absolute atomic E-state index is 0.0320. The van der Waals surface area contributed by atoms with Crippen LogP contribution < -0.4 is 0 Å². The van der Waals surface area contributed by atoms with Crippen LogP contribution in [-0.4, -0.2) is 26.2 Å². The predicted molar refractivity (Wildman–Crippen MR) is 115 cm³/mol. The summed E-state index contributed by atoms with van der Waals surface area (Å²) in [6, 6.07) is 5.94. The molecular weight excluding hydrogens is 433 g/mol. The molecule has 0 saturated heterocycles. The van der Waals surface area contributed by atoms with Gasteiger partial charge < -0.3 is 4.74 Å². The molecule has 2 fully saturated rings. The number of nitro groups is 1. The molecule has 3 aliphatic rings.